The van der Waals surface area contributed by atoms with E-state index in [2.05, 4.69) is 33.8 Å². The maximum Gasteiger partial charge on any atom is 0.143 e. The second-order valence-corrected chi connectivity index (χ2v) is 5.16. The average molecular weight is 294 g/mol. The standard InChI is InChI=1S/C17H18N4O/c18-11-15-2-1-6-20-17(15)21-8-7-19-12-13-3-4-16-14(10-13)5-9-22-16/h1-4,6,10,19H,5,7-9,12H2,(H,20,21). The molecule has 22 heavy (non-hydrogen) atoms. The van der Waals surface area contributed by atoms with Gasteiger partial charge >= 0.3 is 0 Å². The summed E-state index contributed by atoms with van der Waals surface area (Å²) in [5.41, 5.74) is 3.13. The Bertz CT molecular complexity index is 693. The maximum absolute atomic E-state index is 8.99. The highest BCUT2D eigenvalue weighted by Gasteiger charge is 2.11. The zero-order chi connectivity index (χ0) is 15.2. The lowest BCUT2D eigenvalue weighted by atomic mass is 10.1. The molecule has 0 radical (unpaired) electrons. The molecule has 1 aliphatic rings. The van der Waals surface area contributed by atoms with Gasteiger partial charge in [0, 0.05) is 32.3 Å². The van der Waals surface area contributed by atoms with Gasteiger partial charge in [-0.2, -0.15) is 5.26 Å². The molecule has 0 atom stereocenters. The van der Waals surface area contributed by atoms with E-state index in [1.54, 1.807) is 18.3 Å². The van der Waals surface area contributed by atoms with Gasteiger partial charge in [0.05, 0.1) is 12.2 Å². The molecule has 2 aromatic rings. The molecule has 5 heteroatoms. The Morgan fingerprint density at radius 2 is 2.23 bits per heavy atom. The molecule has 0 saturated carbocycles. The summed E-state index contributed by atoms with van der Waals surface area (Å²) in [7, 11) is 0. The van der Waals surface area contributed by atoms with Crippen LogP contribution in [0.4, 0.5) is 5.82 Å². The predicted octanol–water partition coefficient (Wildman–Crippen LogP) is 2.09. The van der Waals surface area contributed by atoms with Crippen LogP contribution in [0.5, 0.6) is 5.75 Å². The minimum atomic E-state index is 0.570. The fourth-order valence-electron chi connectivity index (χ4n) is 2.49. The Balaban J connectivity index is 1.43. The molecule has 3 rings (SSSR count). The van der Waals surface area contributed by atoms with E-state index in [1.165, 1.54) is 11.1 Å². The van der Waals surface area contributed by atoms with Gasteiger partial charge in [0.25, 0.3) is 0 Å². The Morgan fingerprint density at radius 1 is 1.27 bits per heavy atom. The van der Waals surface area contributed by atoms with Gasteiger partial charge < -0.3 is 15.4 Å². The fraction of sp³-hybridized carbons (Fsp3) is 0.294. The molecule has 0 spiro atoms. The second-order valence-electron chi connectivity index (χ2n) is 5.16. The average Bonchev–Trinajstić information content (AvgIpc) is 3.02. The number of aromatic nitrogens is 1. The van der Waals surface area contributed by atoms with Crippen molar-refractivity contribution in [3.8, 4) is 11.8 Å². The first-order valence-electron chi connectivity index (χ1n) is 7.41. The monoisotopic (exact) mass is 294 g/mol. The maximum atomic E-state index is 8.99. The molecule has 2 heterocycles. The molecular formula is C17H18N4O. The molecule has 2 N–H and O–H groups in total. The van der Waals surface area contributed by atoms with Gasteiger partial charge in [-0.3, -0.25) is 0 Å². The van der Waals surface area contributed by atoms with Gasteiger partial charge in [-0.15, -0.1) is 0 Å². The summed E-state index contributed by atoms with van der Waals surface area (Å²) < 4.78 is 5.50. The van der Waals surface area contributed by atoms with Gasteiger partial charge in [-0.1, -0.05) is 12.1 Å². The fourth-order valence-corrected chi connectivity index (χ4v) is 2.49. The zero-order valence-corrected chi connectivity index (χ0v) is 12.3. The molecule has 1 aromatic heterocycles. The zero-order valence-electron chi connectivity index (χ0n) is 12.3. The van der Waals surface area contributed by atoms with Crippen molar-refractivity contribution in [1.29, 1.82) is 5.26 Å². The lowest BCUT2D eigenvalue weighted by molar-refractivity contribution is 0.357. The molecular weight excluding hydrogens is 276 g/mol. The molecule has 5 nitrogen and oxygen atoms in total. The van der Waals surface area contributed by atoms with Crippen molar-refractivity contribution >= 4 is 5.82 Å². The normalized spacial score (nSPS) is 12.3. The lowest BCUT2D eigenvalue weighted by Crippen LogP contribution is -2.22. The van der Waals surface area contributed by atoms with Crippen LogP contribution in [0.1, 0.15) is 16.7 Å². The molecule has 0 fully saturated rings. The van der Waals surface area contributed by atoms with Crippen molar-refractivity contribution in [3.63, 3.8) is 0 Å². The van der Waals surface area contributed by atoms with Gasteiger partial charge in [0.15, 0.2) is 0 Å². The molecule has 1 aliphatic heterocycles. The first kappa shape index (κ1) is 14.4. The number of ether oxygens (including phenoxy) is 1. The topological polar surface area (TPSA) is 70.0 Å². The second kappa shape index (κ2) is 6.92. The van der Waals surface area contributed by atoms with Crippen LogP contribution in [0.25, 0.3) is 0 Å². The van der Waals surface area contributed by atoms with Crippen LogP contribution in [0.15, 0.2) is 36.5 Å². The lowest BCUT2D eigenvalue weighted by Gasteiger charge is -2.09. The van der Waals surface area contributed by atoms with E-state index in [-0.39, 0.29) is 0 Å². The first-order chi connectivity index (χ1) is 10.9. The van der Waals surface area contributed by atoms with Crippen molar-refractivity contribution in [3.05, 3.63) is 53.2 Å². The van der Waals surface area contributed by atoms with Crippen LogP contribution in [-0.2, 0) is 13.0 Å². The summed E-state index contributed by atoms with van der Waals surface area (Å²) in [5.74, 6) is 1.66. The Kier molecular flexibility index (Phi) is 4.52. The van der Waals surface area contributed by atoms with E-state index in [0.717, 1.165) is 38.4 Å². The molecule has 1 aromatic carbocycles. The predicted molar refractivity (Wildman–Crippen MR) is 84.8 cm³/mol. The van der Waals surface area contributed by atoms with Crippen molar-refractivity contribution in [2.24, 2.45) is 0 Å². The third-order valence-electron chi connectivity index (χ3n) is 3.61. The van der Waals surface area contributed by atoms with E-state index < -0.39 is 0 Å². The van der Waals surface area contributed by atoms with E-state index in [9.17, 15) is 0 Å². The number of anilines is 1. The summed E-state index contributed by atoms with van der Waals surface area (Å²) in [6.07, 6.45) is 2.69. The number of fused-ring (bicyclic) bond motifs is 1. The minimum absolute atomic E-state index is 0.570. The molecule has 0 aliphatic carbocycles. The molecule has 0 amide bonds. The van der Waals surface area contributed by atoms with E-state index >= 15 is 0 Å². The largest absolute Gasteiger partial charge is 0.493 e. The summed E-state index contributed by atoms with van der Waals surface area (Å²) in [4.78, 5) is 4.17. The van der Waals surface area contributed by atoms with Crippen LogP contribution in [0.2, 0.25) is 0 Å². The number of pyridine rings is 1. The van der Waals surface area contributed by atoms with Gasteiger partial charge in [-0.05, 0) is 29.3 Å². The smallest absolute Gasteiger partial charge is 0.143 e. The summed E-state index contributed by atoms with van der Waals surface area (Å²) >= 11 is 0. The Morgan fingerprint density at radius 3 is 3.14 bits per heavy atom. The molecule has 0 unspecified atom stereocenters. The highest BCUT2D eigenvalue weighted by Crippen LogP contribution is 2.25. The third-order valence-corrected chi connectivity index (χ3v) is 3.61. The van der Waals surface area contributed by atoms with Crippen LogP contribution in [-0.4, -0.2) is 24.7 Å². The Hall–Kier alpha value is -2.58. The highest BCUT2D eigenvalue weighted by molar-refractivity contribution is 5.51. The van der Waals surface area contributed by atoms with Gasteiger partial charge in [0.2, 0.25) is 0 Å². The minimum Gasteiger partial charge on any atom is -0.493 e. The van der Waals surface area contributed by atoms with E-state index in [1.807, 2.05) is 6.07 Å². The number of nitriles is 1. The number of hydrogen-bond donors (Lipinski definition) is 2. The quantitative estimate of drug-likeness (QED) is 0.798. The summed E-state index contributed by atoms with van der Waals surface area (Å²) in [6, 6.07) is 12.0. The van der Waals surface area contributed by atoms with E-state index in [4.69, 9.17) is 10.00 Å². The third kappa shape index (κ3) is 3.35. The number of nitrogens with one attached hydrogen (secondary N) is 2. The molecule has 0 bridgehead atoms. The van der Waals surface area contributed by atoms with Crippen LogP contribution >= 0.6 is 0 Å². The van der Waals surface area contributed by atoms with Crippen LogP contribution in [0.3, 0.4) is 0 Å². The SMILES string of the molecule is N#Cc1cccnc1NCCNCc1ccc2c(c1)CCO2. The number of nitrogens with zero attached hydrogens (tertiary/aromatic N) is 2. The van der Waals surface area contributed by atoms with Crippen molar-refractivity contribution in [2.75, 3.05) is 25.0 Å². The first-order valence-corrected chi connectivity index (χ1v) is 7.41. The van der Waals surface area contributed by atoms with E-state index in [0.29, 0.717) is 11.4 Å². The highest BCUT2D eigenvalue weighted by atomic mass is 16.5. The van der Waals surface area contributed by atoms with Crippen molar-refractivity contribution < 1.29 is 4.74 Å². The van der Waals surface area contributed by atoms with Crippen molar-refractivity contribution in [1.82, 2.24) is 10.3 Å². The van der Waals surface area contributed by atoms with Crippen LogP contribution in [0, 0.1) is 11.3 Å². The molecule has 112 valence electrons. The summed E-state index contributed by atoms with van der Waals surface area (Å²) in [5, 5.41) is 15.6. The van der Waals surface area contributed by atoms with Crippen molar-refractivity contribution in [2.45, 2.75) is 13.0 Å². The number of benzene rings is 1. The Labute approximate surface area is 129 Å². The number of hydrogen-bond acceptors (Lipinski definition) is 5. The van der Waals surface area contributed by atoms with Crippen LogP contribution < -0.4 is 15.4 Å². The molecule has 0 saturated heterocycles. The summed E-state index contributed by atoms with van der Waals surface area (Å²) in [6.45, 7) is 3.14. The van der Waals surface area contributed by atoms with Gasteiger partial charge in [0.1, 0.15) is 17.6 Å². The number of rotatable bonds is 6. The van der Waals surface area contributed by atoms with Gasteiger partial charge in [-0.25, -0.2) is 4.98 Å².